The predicted molar refractivity (Wildman–Crippen MR) is 108 cm³/mol. The van der Waals surface area contributed by atoms with Crippen LogP contribution in [0.1, 0.15) is 59.3 Å². The molecule has 170 valence electrons. The highest BCUT2D eigenvalue weighted by atomic mass is 35.5. The molecule has 0 bridgehead atoms. The number of halogens is 5. The number of rotatable bonds is 5. The Morgan fingerprint density at radius 2 is 1.78 bits per heavy atom. The van der Waals surface area contributed by atoms with Crippen LogP contribution < -0.4 is 5.32 Å². The van der Waals surface area contributed by atoms with Crippen LogP contribution in [0.15, 0.2) is 18.2 Å². The molecule has 0 spiro atoms. The predicted octanol–water partition coefficient (Wildman–Crippen LogP) is 5.15. The Hall–Kier alpha value is -3.19. The zero-order chi connectivity index (χ0) is 24.6. The van der Waals surface area contributed by atoms with Crippen LogP contribution in [-0.4, -0.2) is 22.0 Å². The number of nitrogens with one attached hydrogen (secondary N) is 1. The number of alkyl halides is 3. The number of nitrogens with zero attached hydrogens (tertiary/aromatic N) is 2. The zero-order valence-electron chi connectivity index (χ0n) is 17.4. The number of carbonyl (C=O) groups is 3. The molecule has 0 fully saturated rings. The number of hydrogen-bond acceptors (Lipinski definition) is 4. The van der Waals surface area contributed by atoms with Crippen molar-refractivity contribution < 1.29 is 31.9 Å². The monoisotopic (exact) mass is 471 g/mol. The Labute approximate surface area is 185 Å². The third-order valence-corrected chi connectivity index (χ3v) is 4.70. The van der Waals surface area contributed by atoms with E-state index in [9.17, 15) is 31.9 Å². The SMILES string of the molecule is Cn1c(C(=O)Nc2ccc(F)c(C#N)c2)c(Cl)c(C(=O)C(=O)CC(C)(C)C)c1C(F)(F)F. The van der Waals surface area contributed by atoms with E-state index in [1.807, 2.05) is 0 Å². The summed E-state index contributed by atoms with van der Waals surface area (Å²) in [6.07, 6.45) is -5.43. The Bertz CT molecular complexity index is 1150. The number of carbonyl (C=O) groups excluding carboxylic acids is 3. The summed E-state index contributed by atoms with van der Waals surface area (Å²) in [5.74, 6) is -4.55. The number of aromatic nitrogens is 1. The molecule has 32 heavy (non-hydrogen) atoms. The number of amides is 1. The van der Waals surface area contributed by atoms with Gasteiger partial charge in [0.15, 0.2) is 0 Å². The average Bonchev–Trinajstić information content (AvgIpc) is 2.91. The molecule has 2 rings (SSSR count). The Kier molecular flexibility index (Phi) is 6.85. The minimum atomic E-state index is -5.10. The second-order valence-corrected chi connectivity index (χ2v) is 8.57. The maximum absolute atomic E-state index is 13.7. The number of hydrogen-bond donors (Lipinski definition) is 1. The minimum absolute atomic E-state index is 0.0875. The van der Waals surface area contributed by atoms with Crippen molar-refractivity contribution in [1.29, 1.82) is 5.26 Å². The van der Waals surface area contributed by atoms with Gasteiger partial charge in [-0.1, -0.05) is 32.4 Å². The molecule has 6 nitrogen and oxygen atoms in total. The van der Waals surface area contributed by atoms with Crippen LogP contribution in [0.4, 0.5) is 23.2 Å². The Morgan fingerprint density at radius 3 is 2.28 bits per heavy atom. The van der Waals surface area contributed by atoms with Crippen molar-refractivity contribution >= 4 is 34.8 Å². The van der Waals surface area contributed by atoms with Gasteiger partial charge in [0.25, 0.3) is 5.91 Å². The van der Waals surface area contributed by atoms with Gasteiger partial charge in [-0.05, 0) is 23.6 Å². The highest BCUT2D eigenvalue weighted by Gasteiger charge is 2.44. The first kappa shape index (κ1) is 25.1. The van der Waals surface area contributed by atoms with Gasteiger partial charge in [-0.25, -0.2) is 4.39 Å². The maximum Gasteiger partial charge on any atom is 0.432 e. The van der Waals surface area contributed by atoms with E-state index >= 15 is 0 Å². The molecule has 0 aliphatic heterocycles. The van der Waals surface area contributed by atoms with Gasteiger partial charge in [0.05, 0.1) is 16.1 Å². The molecule has 1 amide bonds. The molecule has 0 saturated carbocycles. The smallest absolute Gasteiger partial charge is 0.334 e. The van der Waals surface area contributed by atoms with Crippen LogP contribution in [0.25, 0.3) is 0 Å². The summed E-state index contributed by atoms with van der Waals surface area (Å²) in [5.41, 5.74) is -4.55. The topological polar surface area (TPSA) is 92.0 Å². The highest BCUT2D eigenvalue weighted by molar-refractivity contribution is 6.49. The van der Waals surface area contributed by atoms with Gasteiger partial charge >= 0.3 is 6.18 Å². The third-order valence-electron chi connectivity index (χ3n) is 4.33. The van der Waals surface area contributed by atoms with Crippen molar-refractivity contribution in [2.45, 2.75) is 33.4 Å². The van der Waals surface area contributed by atoms with Gasteiger partial charge in [0, 0.05) is 19.2 Å². The van der Waals surface area contributed by atoms with E-state index in [0.29, 0.717) is 4.57 Å². The summed E-state index contributed by atoms with van der Waals surface area (Å²) < 4.78 is 55.1. The first-order valence-electron chi connectivity index (χ1n) is 9.12. The second-order valence-electron chi connectivity index (χ2n) is 8.19. The standard InChI is InChI=1S/C21H18ClF4N3O3/c1-20(2,3)8-13(30)17(31)14-15(22)16(29(4)18(14)21(24,25)26)19(32)28-11-5-6-12(23)10(7-11)9-27/h5-7H,8H2,1-4H3,(H,28,32). The first-order valence-corrected chi connectivity index (χ1v) is 9.50. The quantitative estimate of drug-likeness (QED) is 0.371. The van der Waals surface area contributed by atoms with Gasteiger partial charge < -0.3 is 9.88 Å². The van der Waals surface area contributed by atoms with Crippen LogP contribution in [0, 0.1) is 22.6 Å². The third kappa shape index (κ3) is 5.16. The molecule has 1 heterocycles. The molecule has 0 aliphatic carbocycles. The summed E-state index contributed by atoms with van der Waals surface area (Å²) >= 11 is 6.03. The van der Waals surface area contributed by atoms with E-state index in [0.717, 1.165) is 25.2 Å². The van der Waals surface area contributed by atoms with Crippen LogP contribution >= 0.6 is 11.6 Å². The largest absolute Gasteiger partial charge is 0.432 e. The average molecular weight is 472 g/mol. The van der Waals surface area contributed by atoms with Crippen molar-refractivity contribution in [1.82, 2.24) is 4.57 Å². The van der Waals surface area contributed by atoms with Crippen LogP contribution in [0.2, 0.25) is 5.02 Å². The summed E-state index contributed by atoms with van der Waals surface area (Å²) in [5, 5.41) is 10.3. The molecule has 1 N–H and O–H groups in total. The van der Waals surface area contributed by atoms with E-state index < -0.39 is 62.4 Å². The summed E-state index contributed by atoms with van der Waals surface area (Å²) in [6, 6.07) is 4.52. The highest BCUT2D eigenvalue weighted by Crippen LogP contribution is 2.39. The van der Waals surface area contributed by atoms with Gasteiger partial charge in [0.2, 0.25) is 11.6 Å². The molecular formula is C21H18ClF4N3O3. The normalized spacial score (nSPS) is 11.8. The molecule has 11 heteroatoms. The van der Waals surface area contributed by atoms with Crippen LogP contribution in [0.5, 0.6) is 0 Å². The fourth-order valence-electron chi connectivity index (χ4n) is 3.02. The number of Topliss-reactive ketones (excluding diaryl/α,β-unsaturated/α-hetero) is 2. The molecule has 0 atom stereocenters. The van der Waals surface area contributed by atoms with Gasteiger partial charge in [0.1, 0.15) is 23.3 Å². The Balaban J connectivity index is 2.58. The lowest BCUT2D eigenvalue weighted by atomic mass is 9.87. The van der Waals surface area contributed by atoms with Crippen LogP contribution in [-0.2, 0) is 18.0 Å². The van der Waals surface area contributed by atoms with E-state index in [2.05, 4.69) is 5.32 Å². The fourth-order valence-corrected chi connectivity index (χ4v) is 3.41. The fraction of sp³-hybridized carbons (Fsp3) is 0.333. The summed E-state index contributed by atoms with van der Waals surface area (Å²) in [7, 11) is 0.875. The molecule has 1 aromatic carbocycles. The van der Waals surface area contributed by atoms with Crippen molar-refractivity contribution in [3.05, 3.63) is 51.6 Å². The molecule has 0 aliphatic rings. The molecular weight excluding hydrogens is 454 g/mol. The lowest BCUT2D eigenvalue weighted by Gasteiger charge is -2.16. The number of anilines is 1. The van der Waals surface area contributed by atoms with Gasteiger partial charge in [-0.2, -0.15) is 18.4 Å². The van der Waals surface area contributed by atoms with Crippen molar-refractivity contribution in [2.75, 3.05) is 5.32 Å². The van der Waals surface area contributed by atoms with Crippen molar-refractivity contribution in [2.24, 2.45) is 12.5 Å². The van der Waals surface area contributed by atoms with E-state index in [1.165, 1.54) is 0 Å². The molecule has 0 saturated heterocycles. The lowest BCUT2D eigenvalue weighted by Crippen LogP contribution is -2.24. The van der Waals surface area contributed by atoms with Crippen molar-refractivity contribution in [3.63, 3.8) is 0 Å². The van der Waals surface area contributed by atoms with E-state index in [-0.39, 0.29) is 12.1 Å². The molecule has 0 radical (unpaired) electrons. The number of nitriles is 1. The maximum atomic E-state index is 13.7. The molecule has 0 unspecified atom stereocenters. The second kappa shape index (κ2) is 8.74. The number of benzene rings is 1. The van der Waals surface area contributed by atoms with E-state index in [1.54, 1.807) is 26.8 Å². The summed E-state index contributed by atoms with van der Waals surface area (Å²) in [4.78, 5) is 37.6. The minimum Gasteiger partial charge on any atom is -0.334 e. The van der Waals surface area contributed by atoms with Crippen molar-refractivity contribution in [3.8, 4) is 6.07 Å². The van der Waals surface area contributed by atoms with Crippen LogP contribution in [0.3, 0.4) is 0 Å². The molecule has 2 aromatic rings. The van der Waals surface area contributed by atoms with Gasteiger partial charge in [-0.15, -0.1) is 0 Å². The van der Waals surface area contributed by atoms with E-state index in [4.69, 9.17) is 16.9 Å². The molecule has 1 aromatic heterocycles. The van der Waals surface area contributed by atoms with Gasteiger partial charge in [-0.3, -0.25) is 14.4 Å². The lowest BCUT2D eigenvalue weighted by molar-refractivity contribution is -0.143. The zero-order valence-corrected chi connectivity index (χ0v) is 18.2. The first-order chi connectivity index (χ1) is 14.6. The number of ketones is 2. The Morgan fingerprint density at radius 1 is 1.19 bits per heavy atom. The summed E-state index contributed by atoms with van der Waals surface area (Å²) in [6.45, 7) is 4.89.